The maximum absolute atomic E-state index is 11.5. The molecular formula is C15H23N5O. The number of likely N-dealkylation sites (tertiary alicyclic amines) is 1. The van der Waals surface area contributed by atoms with E-state index in [4.69, 9.17) is 5.84 Å². The largest absolute Gasteiger partial charge is 0.299 e. The van der Waals surface area contributed by atoms with Gasteiger partial charge in [0.2, 0.25) is 0 Å². The molecule has 6 nitrogen and oxygen atoms in total. The summed E-state index contributed by atoms with van der Waals surface area (Å²) in [6, 6.07) is 6.92. The molecule has 2 unspecified atom stereocenters. The second-order valence-electron chi connectivity index (χ2n) is 6.06. The summed E-state index contributed by atoms with van der Waals surface area (Å²) >= 11 is 0. The fourth-order valence-electron chi connectivity index (χ4n) is 3.52. The molecule has 1 amide bonds. The van der Waals surface area contributed by atoms with Crippen molar-refractivity contribution in [3.63, 3.8) is 0 Å². The molecular weight excluding hydrogens is 266 g/mol. The number of nitrogen functional groups attached to an aromatic ring is 1. The van der Waals surface area contributed by atoms with Crippen LogP contribution in [0.2, 0.25) is 0 Å². The van der Waals surface area contributed by atoms with Crippen LogP contribution in [-0.2, 0) is 6.54 Å². The lowest BCUT2D eigenvalue weighted by molar-refractivity contribution is 0.0948. The first-order valence-electron chi connectivity index (χ1n) is 7.58. The van der Waals surface area contributed by atoms with E-state index in [1.165, 1.54) is 19.3 Å². The Morgan fingerprint density at radius 2 is 2.19 bits per heavy atom. The molecule has 2 saturated heterocycles. The van der Waals surface area contributed by atoms with Gasteiger partial charge < -0.3 is 0 Å². The van der Waals surface area contributed by atoms with Crippen LogP contribution in [0.5, 0.6) is 0 Å². The number of rotatable bonds is 3. The molecule has 6 heteroatoms. The Bertz CT molecular complexity index is 521. The molecule has 0 saturated carbocycles. The molecule has 0 radical (unpaired) electrons. The van der Waals surface area contributed by atoms with Gasteiger partial charge in [-0.05, 0) is 38.4 Å². The lowest BCUT2D eigenvalue weighted by Crippen LogP contribution is -2.36. The van der Waals surface area contributed by atoms with Crippen LogP contribution in [0, 0.1) is 0 Å². The highest BCUT2D eigenvalue weighted by Crippen LogP contribution is 2.28. The van der Waals surface area contributed by atoms with Gasteiger partial charge in [0.05, 0.1) is 5.69 Å². The van der Waals surface area contributed by atoms with E-state index in [9.17, 15) is 4.79 Å². The van der Waals surface area contributed by atoms with E-state index in [1.54, 1.807) is 6.07 Å². The van der Waals surface area contributed by atoms with E-state index in [1.807, 2.05) is 12.1 Å². The monoisotopic (exact) mass is 289 g/mol. The SMILES string of the molecule is CN1C2CCC1CN(Cc1cccc(C(=O)NN)n1)CC2. The molecule has 21 heavy (non-hydrogen) atoms. The number of hydrogen-bond donors (Lipinski definition) is 2. The van der Waals surface area contributed by atoms with E-state index in [2.05, 4.69) is 27.3 Å². The highest BCUT2D eigenvalue weighted by Gasteiger charge is 2.34. The van der Waals surface area contributed by atoms with Gasteiger partial charge >= 0.3 is 0 Å². The van der Waals surface area contributed by atoms with Crippen LogP contribution in [0.3, 0.4) is 0 Å². The zero-order chi connectivity index (χ0) is 14.8. The minimum atomic E-state index is -0.341. The molecule has 114 valence electrons. The van der Waals surface area contributed by atoms with Crippen LogP contribution in [0.4, 0.5) is 0 Å². The number of carbonyl (C=O) groups is 1. The standard InChI is InChI=1S/C15H23N5O/c1-19-12-5-6-13(19)10-20(8-7-12)9-11-3-2-4-14(17-11)15(21)18-16/h2-4,12-13H,5-10,16H2,1H3,(H,18,21). The number of fused-ring (bicyclic) bond motifs is 2. The average molecular weight is 289 g/mol. The first kappa shape index (κ1) is 14.4. The minimum absolute atomic E-state index is 0.341. The topological polar surface area (TPSA) is 74.5 Å². The van der Waals surface area contributed by atoms with Gasteiger partial charge in [0.15, 0.2) is 0 Å². The number of hydrogen-bond acceptors (Lipinski definition) is 5. The summed E-state index contributed by atoms with van der Waals surface area (Å²) < 4.78 is 0. The number of hydrazine groups is 1. The van der Waals surface area contributed by atoms with E-state index < -0.39 is 0 Å². The molecule has 3 N–H and O–H groups in total. The number of aromatic nitrogens is 1. The van der Waals surface area contributed by atoms with Gasteiger partial charge in [0, 0.05) is 31.7 Å². The van der Waals surface area contributed by atoms with Crippen molar-refractivity contribution in [2.24, 2.45) is 5.84 Å². The summed E-state index contributed by atoms with van der Waals surface area (Å²) in [6.07, 6.45) is 3.84. The van der Waals surface area contributed by atoms with Crippen LogP contribution < -0.4 is 11.3 Å². The second-order valence-corrected chi connectivity index (χ2v) is 6.06. The maximum Gasteiger partial charge on any atom is 0.283 e. The molecule has 2 bridgehead atoms. The van der Waals surface area contributed by atoms with Crippen LogP contribution >= 0.6 is 0 Å². The Labute approximate surface area is 125 Å². The Hall–Kier alpha value is -1.50. The number of carbonyl (C=O) groups excluding carboxylic acids is 1. The lowest BCUT2D eigenvalue weighted by Gasteiger charge is -2.25. The van der Waals surface area contributed by atoms with Crippen molar-refractivity contribution in [3.8, 4) is 0 Å². The van der Waals surface area contributed by atoms with Crippen LogP contribution in [0.15, 0.2) is 18.2 Å². The third-order valence-corrected chi connectivity index (χ3v) is 4.79. The van der Waals surface area contributed by atoms with E-state index in [-0.39, 0.29) is 5.91 Å². The zero-order valence-corrected chi connectivity index (χ0v) is 12.5. The number of nitrogens with two attached hydrogens (primary N) is 1. The quantitative estimate of drug-likeness (QED) is 0.477. The van der Waals surface area contributed by atoms with Crippen molar-refractivity contribution in [2.45, 2.75) is 37.9 Å². The molecule has 3 rings (SSSR count). The second kappa shape index (κ2) is 6.09. The molecule has 1 aromatic heterocycles. The lowest BCUT2D eigenvalue weighted by atomic mass is 10.1. The van der Waals surface area contributed by atoms with Crippen molar-refractivity contribution in [2.75, 3.05) is 20.1 Å². The van der Waals surface area contributed by atoms with E-state index >= 15 is 0 Å². The summed E-state index contributed by atoms with van der Waals surface area (Å²) in [4.78, 5) is 20.9. The predicted molar refractivity (Wildman–Crippen MR) is 80.4 cm³/mol. The molecule has 0 spiro atoms. The summed E-state index contributed by atoms with van der Waals surface area (Å²) in [5.41, 5.74) is 3.43. The number of nitrogens with one attached hydrogen (secondary N) is 1. The normalized spacial score (nSPS) is 26.6. The van der Waals surface area contributed by atoms with Crippen LogP contribution in [0.25, 0.3) is 0 Å². The van der Waals surface area contributed by atoms with Gasteiger partial charge in [-0.3, -0.25) is 20.0 Å². The van der Waals surface area contributed by atoms with Crippen molar-refractivity contribution in [1.29, 1.82) is 0 Å². The third-order valence-electron chi connectivity index (χ3n) is 4.79. The first-order chi connectivity index (χ1) is 10.2. The molecule has 0 aliphatic carbocycles. The van der Waals surface area contributed by atoms with Crippen molar-refractivity contribution >= 4 is 5.91 Å². The Morgan fingerprint density at radius 1 is 1.38 bits per heavy atom. The van der Waals surface area contributed by atoms with Gasteiger partial charge in [-0.1, -0.05) is 6.07 Å². The third kappa shape index (κ3) is 3.07. The predicted octanol–water partition coefficient (Wildman–Crippen LogP) is 0.354. The number of pyridine rings is 1. The van der Waals surface area contributed by atoms with Crippen molar-refractivity contribution in [1.82, 2.24) is 20.2 Å². The number of likely N-dealkylation sites (N-methyl/N-ethyl adjacent to an activating group) is 1. The van der Waals surface area contributed by atoms with Crippen molar-refractivity contribution in [3.05, 3.63) is 29.6 Å². The molecule has 2 atom stereocenters. The molecule has 3 heterocycles. The number of amides is 1. The summed E-state index contributed by atoms with van der Waals surface area (Å²) in [6.45, 7) is 2.98. The first-order valence-corrected chi connectivity index (χ1v) is 7.58. The summed E-state index contributed by atoms with van der Waals surface area (Å²) in [5, 5.41) is 0. The van der Waals surface area contributed by atoms with Gasteiger partial charge in [-0.25, -0.2) is 10.8 Å². The molecule has 2 aliphatic rings. The van der Waals surface area contributed by atoms with Crippen molar-refractivity contribution < 1.29 is 4.79 Å². The van der Waals surface area contributed by atoms with Crippen LogP contribution in [0.1, 0.15) is 35.4 Å². The Kier molecular flexibility index (Phi) is 4.19. The molecule has 2 fully saturated rings. The van der Waals surface area contributed by atoms with Gasteiger partial charge in [0.1, 0.15) is 5.69 Å². The molecule has 0 aromatic carbocycles. The van der Waals surface area contributed by atoms with Gasteiger partial charge in [-0.15, -0.1) is 0 Å². The average Bonchev–Trinajstić information content (AvgIpc) is 2.75. The highest BCUT2D eigenvalue weighted by molar-refractivity contribution is 5.91. The van der Waals surface area contributed by atoms with E-state index in [0.717, 1.165) is 31.4 Å². The minimum Gasteiger partial charge on any atom is -0.299 e. The Balaban J connectivity index is 1.68. The van der Waals surface area contributed by atoms with E-state index in [0.29, 0.717) is 11.7 Å². The van der Waals surface area contributed by atoms with Gasteiger partial charge in [-0.2, -0.15) is 0 Å². The highest BCUT2D eigenvalue weighted by atomic mass is 16.2. The maximum atomic E-state index is 11.5. The van der Waals surface area contributed by atoms with Gasteiger partial charge in [0.25, 0.3) is 5.91 Å². The zero-order valence-electron chi connectivity index (χ0n) is 12.5. The fraction of sp³-hybridized carbons (Fsp3) is 0.600. The molecule has 1 aromatic rings. The smallest absolute Gasteiger partial charge is 0.283 e. The summed E-state index contributed by atoms with van der Waals surface area (Å²) in [7, 11) is 2.25. The Morgan fingerprint density at radius 3 is 3.00 bits per heavy atom. The van der Waals surface area contributed by atoms with Crippen LogP contribution in [-0.4, -0.2) is 52.9 Å². The summed E-state index contributed by atoms with van der Waals surface area (Å²) in [5.74, 6) is 4.82. The molecule has 2 aliphatic heterocycles. The fourth-order valence-corrected chi connectivity index (χ4v) is 3.52. The number of nitrogens with zero attached hydrogens (tertiary/aromatic N) is 3.